The Labute approximate surface area is 130 Å². The predicted octanol–water partition coefficient (Wildman–Crippen LogP) is 3.56. The van der Waals surface area contributed by atoms with Gasteiger partial charge in [-0.1, -0.05) is 19.9 Å². The molecule has 1 heterocycles. The first kappa shape index (κ1) is 16.4. The number of nitrogens with one attached hydrogen (secondary N) is 1. The molecule has 2 aromatic rings. The quantitative estimate of drug-likeness (QED) is 0.793. The fraction of sp³-hybridized carbons (Fsp3) is 0.389. The van der Waals surface area contributed by atoms with Crippen LogP contribution in [0.2, 0.25) is 0 Å². The maximum absolute atomic E-state index is 13.1. The van der Waals surface area contributed by atoms with E-state index in [1.807, 2.05) is 19.1 Å². The molecule has 3 nitrogen and oxygen atoms in total. The van der Waals surface area contributed by atoms with Crippen molar-refractivity contribution < 1.29 is 4.39 Å². The topological polar surface area (TPSA) is 34.0 Å². The third kappa shape index (κ3) is 3.83. The maximum Gasteiger partial charge on any atom is 0.255 e. The van der Waals surface area contributed by atoms with Gasteiger partial charge in [0.1, 0.15) is 5.82 Å². The van der Waals surface area contributed by atoms with Crippen molar-refractivity contribution in [1.29, 1.82) is 0 Å². The van der Waals surface area contributed by atoms with Gasteiger partial charge in [0.15, 0.2) is 0 Å². The lowest BCUT2D eigenvalue weighted by Gasteiger charge is -2.14. The van der Waals surface area contributed by atoms with Crippen LogP contribution in [0.1, 0.15) is 32.3 Å². The summed E-state index contributed by atoms with van der Waals surface area (Å²) < 4.78 is 14.9. The van der Waals surface area contributed by atoms with Crippen LogP contribution >= 0.6 is 0 Å². The van der Waals surface area contributed by atoms with Crippen LogP contribution in [0, 0.1) is 5.82 Å². The lowest BCUT2D eigenvalue weighted by molar-refractivity contribution is 0.625. The smallest absolute Gasteiger partial charge is 0.255 e. The van der Waals surface area contributed by atoms with Gasteiger partial charge >= 0.3 is 0 Å². The highest BCUT2D eigenvalue weighted by Crippen LogP contribution is 2.19. The van der Waals surface area contributed by atoms with Gasteiger partial charge in [0.25, 0.3) is 5.56 Å². The van der Waals surface area contributed by atoms with E-state index in [2.05, 4.69) is 12.2 Å². The van der Waals surface area contributed by atoms with E-state index in [-0.39, 0.29) is 11.4 Å². The molecule has 0 fully saturated rings. The van der Waals surface area contributed by atoms with Crippen LogP contribution in [0.15, 0.2) is 41.2 Å². The molecule has 22 heavy (non-hydrogen) atoms. The summed E-state index contributed by atoms with van der Waals surface area (Å²) in [5.41, 5.74) is 2.51. The highest BCUT2D eigenvalue weighted by atomic mass is 19.1. The van der Waals surface area contributed by atoms with Crippen molar-refractivity contribution in [2.75, 3.05) is 6.54 Å². The third-order valence-electron chi connectivity index (χ3n) is 3.58. The van der Waals surface area contributed by atoms with Gasteiger partial charge in [0.05, 0.1) is 5.69 Å². The molecule has 0 atom stereocenters. The zero-order chi connectivity index (χ0) is 15.9. The molecule has 0 aliphatic carbocycles. The van der Waals surface area contributed by atoms with E-state index < -0.39 is 0 Å². The van der Waals surface area contributed by atoms with Crippen LogP contribution in [0.3, 0.4) is 0 Å². The Morgan fingerprint density at radius 3 is 2.41 bits per heavy atom. The summed E-state index contributed by atoms with van der Waals surface area (Å²) in [7, 11) is 0. The Morgan fingerprint density at radius 1 is 1.05 bits per heavy atom. The van der Waals surface area contributed by atoms with Crippen molar-refractivity contribution in [3.8, 4) is 11.3 Å². The Kier molecular flexibility index (Phi) is 5.90. The number of pyridine rings is 1. The molecule has 0 unspecified atom stereocenters. The molecule has 0 saturated carbocycles. The van der Waals surface area contributed by atoms with Crippen molar-refractivity contribution in [3.05, 3.63) is 58.1 Å². The largest absolute Gasteiger partial charge is 0.312 e. The lowest BCUT2D eigenvalue weighted by Crippen LogP contribution is -2.28. The van der Waals surface area contributed by atoms with E-state index >= 15 is 0 Å². The predicted molar refractivity (Wildman–Crippen MR) is 88.4 cm³/mol. The van der Waals surface area contributed by atoms with Gasteiger partial charge in [-0.2, -0.15) is 0 Å². The Bertz CT molecular complexity index is 662. The summed E-state index contributed by atoms with van der Waals surface area (Å²) in [4.78, 5) is 12.7. The average molecular weight is 302 g/mol. The zero-order valence-corrected chi connectivity index (χ0v) is 13.2. The van der Waals surface area contributed by atoms with Gasteiger partial charge in [0.2, 0.25) is 0 Å². The number of hydrogen-bond donors (Lipinski definition) is 1. The van der Waals surface area contributed by atoms with E-state index in [9.17, 15) is 9.18 Å². The number of nitrogens with zero attached hydrogens (tertiary/aromatic N) is 1. The second-order valence-corrected chi connectivity index (χ2v) is 5.38. The number of halogens is 1. The molecule has 0 radical (unpaired) electrons. The molecule has 0 aliphatic rings. The van der Waals surface area contributed by atoms with Crippen molar-refractivity contribution in [1.82, 2.24) is 9.88 Å². The summed E-state index contributed by atoms with van der Waals surface area (Å²) in [5.74, 6) is -0.270. The molecule has 0 saturated heterocycles. The average Bonchev–Trinajstić information content (AvgIpc) is 2.52. The van der Waals surface area contributed by atoms with E-state index in [0.717, 1.165) is 36.2 Å². The summed E-state index contributed by atoms with van der Waals surface area (Å²) in [6.45, 7) is 6.28. The van der Waals surface area contributed by atoms with E-state index in [0.29, 0.717) is 13.1 Å². The maximum atomic E-state index is 13.1. The number of benzene rings is 1. The first-order valence-electron chi connectivity index (χ1n) is 7.86. The van der Waals surface area contributed by atoms with Gasteiger partial charge in [-0.3, -0.25) is 4.79 Å². The number of hydrogen-bond acceptors (Lipinski definition) is 2. The highest BCUT2D eigenvalue weighted by molar-refractivity contribution is 5.59. The first-order valence-corrected chi connectivity index (χ1v) is 7.86. The summed E-state index contributed by atoms with van der Waals surface area (Å²) in [6, 6.07) is 10.1. The van der Waals surface area contributed by atoms with Crippen molar-refractivity contribution in [3.63, 3.8) is 0 Å². The SMILES string of the molecule is CCCNCc1ccc(-c2ccc(F)cc2)n(CCC)c1=O. The van der Waals surface area contributed by atoms with Crippen LogP contribution in [0.4, 0.5) is 4.39 Å². The van der Waals surface area contributed by atoms with Crippen molar-refractivity contribution in [2.45, 2.75) is 39.8 Å². The Morgan fingerprint density at radius 2 is 1.77 bits per heavy atom. The summed E-state index contributed by atoms with van der Waals surface area (Å²) >= 11 is 0. The van der Waals surface area contributed by atoms with Gasteiger partial charge in [-0.15, -0.1) is 0 Å². The van der Waals surface area contributed by atoms with E-state index in [4.69, 9.17) is 0 Å². The molecule has 118 valence electrons. The summed E-state index contributed by atoms with van der Waals surface area (Å²) in [6.07, 6.45) is 1.91. The first-order chi connectivity index (χ1) is 10.7. The van der Waals surface area contributed by atoms with Crippen LogP contribution in [-0.2, 0) is 13.1 Å². The number of aromatic nitrogens is 1. The molecule has 1 aromatic carbocycles. The minimum atomic E-state index is -0.270. The molecule has 0 amide bonds. The zero-order valence-electron chi connectivity index (χ0n) is 13.2. The lowest BCUT2D eigenvalue weighted by atomic mass is 10.1. The van der Waals surface area contributed by atoms with Crippen molar-refractivity contribution >= 4 is 0 Å². The molecular formula is C18H23FN2O. The molecular weight excluding hydrogens is 279 g/mol. The Hall–Kier alpha value is -1.94. The monoisotopic (exact) mass is 302 g/mol. The van der Waals surface area contributed by atoms with Crippen LogP contribution in [0.5, 0.6) is 0 Å². The minimum Gasteiger partial charge on any atom is -0.312 e. The van der Waals surface area contributed by atoms with E-state index in [1.165, 1.54) is 12.1 Å². The molecule has 1 N–H and O–H groups in total. The van der Waals surface area contributed by atoms with E-state index in [1.54, 1.807) is 16.7 Å². The fourth-order valence-corrected chi connectivity index (χ4v) is 2.48. The minimum absolute atomic E-state index is 0.0345. The fourth-order valence-electron chi connectivity index (χ4n) is 2.48. The summed E-state index contributed by atoms with van der Waals surface area (Å²) in [5, 5.41) is 3.27. The van der Waals surface area contributed by atoms with Gasteiger partial charge in [0, 0.05) is 18.7 Å². The van der Waals surface area contributed by atoms with Crippen LogP contribution < -0.4 is 10.9 Å². The standard InChI is InChI=1S/C18H23FN2O/c1-3-11-20-13-15-7-10-17(21(12-4-2)18(15)22)14-5-8-16(19)9-6-14/h5-10,20H,3-4,11-13H2,1-2H3. The molecule has 2 rings (SSSR count). The number of rotatable bonds is 7. The normalized spacial score (nSPS) is 10.9. The van der Waals surface area contributed by atoms with Crippen LogP contribution in [0.25, 0.3) is 11.3 Å². The molecule has 0 bridgehead atoms. The van der Waals surface area contributed by atoms with Gasteiger partial charge in [-0.05, 0) is 55.3 Å². The second kappa shape index (κ2) is 7.90. The van der Waals surface area contributed by atoms with Crippen LogP contribution in [-0.4, -0.2) is 11.1 Å². The Balaban J connectivity index is 2.40. The van der Waals surface area contributed by atoms with Gasteiger partial charge in [-0.25, -0.2) is 4.39 Å². The molecule has 0 spiro atoms. The highest BCUT2D eigenvalue weighted by Gasteiger charge is 2.10. The van der Waals surface area contributed by atoms with Crippen molar-refractivity contribution in [2.24, 2.45) is 0 Å². The molecule has 0 aliphatic heterocycles. The second-order valence-electron chi connectivity index (χ2n) is 5.38. The molecule has 4 heteroatoms. The third-order valence-corrected chi connectivity index (χ3v) is 3.58. The molecule has 1 aromatic heterocycles. The van der Waals surface area contributed by atoms with Gasteiger partial charge < -0.3 is 9.88 Å².